The number of carbonyl (C=O) groups excluding carboxylic acids is 1. The van der Waals surface area contributed by atoms with Gasteiger partial charge < -0.3 is 9.88 Å². The van der Waals surface area contributed by atoms with Gasteiger partial charge in [0.15, 0.2) is 0 Å². The summed E-state index contributed by atoms with van der Waals surface area (Å²) in [5, 5.41) is 19.3. The number of amides is 1. The van der Waals surface area contributed by atoms with E-state index in [0.717, 1.165) is 43.9 Å². The highest BCUT2D eigenvalue weighted by molar-refractivity contribution is 5.93. The van der Waals surface area contributed by atoms with E-state index in [0.29, 0.717) is 5.56 Å². The number of aryl methyl sites for hydroxylation is 1. The van der Waals surface area contributed by atoms with Crippen molar-refractivity contribution in [2.75, 3.05) is 0 Å². The van der Waals surface area contributed by atoms with Gasteiger partial charge in [-0.3, -0.25) is 4.79 Å². The minimum absolute atomic E-state index is 0.105. The molecule has 0 saturated heterocycles. The fraction of sp³-hybridized carbons (Fsp3) is 0.316. The molecule has 0 saturated carbocycles. The number of rotatable bonds is 4. The molecule has 0 bridgehead atoms. The van der Waals surface area contributed by atoms with E-state index in [2.05, 4.69) is 42.4 Å². The third kappa shape index (κ3) is 3.61. The molecule has 1 aromatic carbocycles. The number of benzene rings is 1. The molecule has 1 aliphatic rings. The zero-order chi connectivity index (χ0) is 17.8. The molecule has 1 amide bonds. The molecular weight excluding hydrogens is 328 g/mol. The fourth-order valence-corrected chi connectivity index (χ4v) is 3.30. The molecule has 0 radical (unpaired) electrons. The number of nitrogens with one attached hydrogen (secondary N) is 1. The highest BCUT2D eigenvalue weighted by Gasteiger charge is 2.22. The third-order valence-corrected chi connectivity index (χ3v) is 4.71. The van der Waals surface area contributed by atoms with Gasteiger partial charge in [0.05, 0.1) is 18.0 Å². The second kappa shape index (κ2) is 7.43. The minimum Gasteiger partial charge on any atom is -0.349 e. The monoisotopic (exact) mass is 348 g/mol. The first-order chi connectivity index (χ1) is 12.8. The molecule has 0 spiro atoms. The summed E-state index contributed by atoms with van der Waals surface area (Å²) < 4.78 is 2.20. The summed E-state index contributed by atoms with van der Waals surface area (Å²) in [6.45, 7) is 0.810. The predicted molar refractivity (Wildman–Crippen MR) is 95.5 cm³/mol. The molecule has 3 heterocycles. The molecule has 1 unspecified atom stereocenters. The van der Waals surface area contributed by atoms with Crippen LogP contribution in [0, 0.1) is 0 Å². The van der Waals surface area contributed by atoms with E-state index >= 15 is 0 Å². The minimum atomic E-state index is -0.105. The Labute approximate surface area is 151 Å². The van der Waals surface area contributed by atoms with Crippen molar-refractivity contribution >= 4 is 5.91 Å². The average Bonchev–Trinajstić information content (AvgIpc) is 2.95. The average molecular weight is 348 g/mol. The second-order valence-corrected chi connectivity index (χ2v) is 6.48. The highest BCUT2D eigenvalue weighted by atomic mass is 16.1. The van der Waals surface area contributed by atoms with E-state index in [1.54, 1.807) is 6.07 Å². The van der Waals surface area contributed by atoms with Crippen LogP contribution in [0.15, 0.2) is 48.8 Å². The lowest BCUT2D eigenvalue weighted by Gasteiger charge is -2.16. The van der Waals surface area contributed by atoms with Crippen LogP contribution in [0.3, 0.4) is 0 Å². The molecule has 0 fully saturated rings. The molecule has 7 heteroatoms. The van der Waals surface area contributed by atoms with Crippen molar-refractivity contribution in [2.45, 2.75) is 38.3 Å². The van der Waals surface area contributed by atoms with E-state index < -0.39 is 0 Å². The summed E-state index contributed by atoms with van der Waals surface area (Å²) >= 11 is 0. The maximum absolute atomic E-state index is 12.3. The van der Waals surface area contributed by atoms with Crippen LogP contribution >= 0.6 is 0 Å². The zero-order valence-corrected chi connectivity index (χ0v) is 14.4. The predicted octanol–water partition coefficient (Wildman–Crippen LogP) is 1.79. The molecule has 3 aromatic rings. The smallest absolute Gasteiger partial charge is 0.253 e. The first kappa shape index (κ1) is 16.4. The van der Waals surface area contributed by atoms with Gasteiger partial charge in [-0.05, 0) is 24.5 Å². The Balaban J connectivity index is 1.42. The van der Waals surface area contributed by atoms with Crippen LogP contribution in [-0.2, 0) is 19.4 Å². The lowest BCUT2D eigenvalue weighted by atomic mass is 10.1. The van der Waals surface area contributed by atoms with Crippen molar-refractivity contribution in [1.29, 1.82) is 0 Å². The maximum atomic E-state index is 12.3. The molecule has 0 aliphatic carbocycles. The van der Waals surface area contributed by atoms with Crippen LogP contribution < -0.4 is 5.32 Å². The number of carbonyl (C=O) groups is 1. The van der Waals surface area contributed by atoms with E-state index in [9.17, 15) is 4.79 Å². The van der Waals surface area contributed by atoms with Crippen LogP contribution in [0.2, 0.25) is 0 Å². The normalized spacial score (nSPS) is 16.5. The molecule has 4 rings (SSSR count). The maximum Gasteiger partial charge on any atom is 0.253 e. The van der Waals surface area contributed by atoms with Gasteiger partial charge in [-0.1, -0.05) is 30.3 Å². The van der Waals surface area contributed by atoms with Crippen molar-refractivity contribution in [3.8, 4) is 0 Å². The van der Waals surface area contributed by atoms with Crippen LogP contribution in [0.25, 0.3) is 0 Å². The second-order valence-electron chi connectivity index (χ2n) is 6.48. The quantitative estimate of drug-likeness (QED) is 0.777. The van der Waals surface area contributed by atoms with Crippen molar-refractivity contribution < 1.29 is 4.79 Å². The molecule has 7 nitrogen and oxygen atoms in total. The third-order valence-electron chi connectivity index (χ3n) is 4.71. The Bertz CT molecular complexity index is 878. The van der Waals surface area contributed by atoms with Gasteiger partial charge in [-0.2, -0.15) is 10.2 Å². The molecular formula is C19H20N6O. The fourth-order valence-electron chi connectivity index (χ4n) is 3.30. The summed E-state index contributed by atoms with van der Waals surface area (Å²) in [5.41, 5.74) is 1.76. The van der Waals surface area contributed by atoms with Crippen molar-refractivity contribution in [2.24, 2.45) is 0 Å². The summed E-state index contributed by atoms with van der Waals surface area (Å²) in [5.74, 6) is 1.88. The largest absolute Gasteiger partial charge is 0.349 e. The van der Waals surface area contributed by atoms with Crippen LogP contribution in [-0.4, -0.2) is 36.9 Å². The van der Waals surface area contributed by atoms with E-state index in [1.807, 2.05) is 18.2 Å². The van der Waals surface area contributed by atoms with Gasteiger partial charge in [-0.15, -0.1) is 10.2 Å². The molecule has 1 aliphatic heterocycles. The SMILES string of the molecule is O=C(NC1CCc2nnc(Cc3ccccc3)n2CC1)c1ccnnc1. The first-order valence-corrected chi connectivity index (χ1v) is 8.82. The first-order valence-electron chi connectivity index (χ1n) is 8.82. The Hall–Kier alpha value is -3.09. The summed E-state index contributed by atoms with van der Waals surface area (Å²) in [7, 11) is 0. The number of nitrogens with zero attached hydrogens (tertiary/aromatic N) is 5. The van der Waals surface area contributed by atoms with E-state index in [4.69, 9.17) is 0 Å². The number of fused-ring (bicyclic) bond motifs is 1. The Kier molecular flexibility index (Phi) is 4.68. The molecule has 1 atom stereocenters. The summed E-state index contributed by atoms with van der Waals surface area (Å²) in [4.78, 5) is 12.3. The van der Waals surface area contributed by atoms with Gasteiger partial charge in [0.25, 0.3) is 5.91 Å². The number of hydrogen-bond acceptors (Lipinski definition) is 5. The van der Waals surface area contributed by atoms with Gasteiger partial charge >= 0.3 is 0 Å². The summed E-state index contributed by atoms with van der Waals surface area (Å²) in [6.07, 6.45) is 6.30. The topological polar surface area (TPSA) is 85.6 Å². The van der Waals surface area contributed by atoms with Crippen LogP contribution in [0.5, 0.6) is 0 Å². The van der Waals surface area contributed by atoms with Crippen molar-refractivity contribution in [3.05, 3.63) is 71.6 Å². The molecule has 26 heavy (non-hydrogen) atoms. The molecule has 2 aromatic heterocycles. The van der Waals surface area contributed by atoms with E-state index in [1.165, 1.54) is 18.0 Å². The standard InChI is InChI=1S/C19H20N6O/c26-19(15-8-10-20-21-13-15)22-16-6-7-17-23-24-18(25(17)11-9-16)12-14-4-2-1-3-5-14/h1-5,8,10,13,16H,6-7,9,11-12H2,(H,22,26). The number of hydrogen-bond donors (Lipinski definition) is 1. The van der Waals surface area contributed by atoms with Crippen LogP contribution in [0.1, 0.15) is 40.4 Å². The van der Waals surface area contributed by atoms with Gasteiger partial charge in [0.2, 0.25) is 0 Å². The Morgan fingerprint density at radius 3 is 2.81 bits per heavy atom. The number of aromatic nitrogens is 5. The van der Waals surface area contributed by atoms with Crippen molar-refractivity contribution in [1.82, 2.24) is 30.3 Å². The molecule has 1 N–H and O–H groups in total. The van der Waals surface area contributed by atoms with Gasteiger partial charge in [-0.25, -0.2) is 0 Å². The Morgan fingerprint density at radius 1 is 1.12 bits per heavy atom. The van der Waals surface area contributed by atoms with Crippen molar-refractivity contribution in [3.63, 3.8) is 0 Å². The molecule has 132 valence electrons. The summed E-state index contributed by atoms with van der Waals surface area (Å²) in [6, 6.07) is 12.1. The Morgan fingerprint density at radius 2 is 2.00 bits per heavy atom. The van der Waals surface area contributed by atoms with Crippen LogP contribution in [0.4, 0.5) is 0 Å². The van der Waals surface area contributed by atoms with Gasteiger partial charge in [0, 0.05) is 25.4 Å². The van der Waals surface area contributed by atoms with E-state index in [-0.39, 0.29) is 11.9 Å². The lowest BCUT2D eigenvalue weighted by Crippen LogP contribution is -2.35. The lowest BCUT2D eigenvalue weighted by molar-refractivity contribution is 0.0932. The van der Waals surface area contributed by atoms with Gasteiger partial charge in [0.1, 0.15) is 11.6 Å². The highest BCUT2D eigenvalue weighted by Crippen LogP contribution is 2.17. The zero-order valence-electron chi connectivity index (χ0n) is 14.4.